The van der Waals surface area contributed by atoms with Gasteiger partial charge in [0.15, 0.2) is 0 Å². The number of halogens is 1. The fourth-order valence-electron chi connectivity index (χ4n) is 3.08. The minimum Gasteiger partial charge on any atom is -0.393 e. The molecule has 1 amide bonds. The van der Waals surface area contributed by atoms with Gasteiger partial charge >= 0.3 is 0 Å². The van der Waals surface area contributed by atoms with Crippen LogP contribution in [0.2, 0.25) is 5.02 Å². The summed E-state index contributed by atoms with van der Waals surface area (Å²) in [5.41, 5.74) is 2.42. The number of aromatic nitrogens is 2. The zero-order valence-corrected chi connectivity index (χ0v) is 13.9. The molecule has 0 radical (unpaired) electrons. The van der Waals surface area contributed by atoms with E-state index in [0.717, 1.165) is 11.1 Å². The van der Waals surface area contributed by atoms with Crippen LogP contribution in [0.4, 0.5) is 0 Å². The van der Waals surface area contributed by atoms with Crippen molar-refractivity contribution in [1.29, 1.82) is 0 Å². The van der Waals surface area contributed by atoms with Crippen LogP contribution in [0.15, 0.2) is 30.6 Å². The summed E-state index contributed by atoms with van der Waals surface area (Å²) >= 11 is 5.95. The Morgan fingerprint density at radius 2 is 2.22 bits per heavy atom. The predicted octanol–water partition coefficient (Wildman–Crippen LogP) is 2.62. The lowest BCUT2D eigenvalue weighted by Crippen LogP contribution is -2.41. The van der Waals surface area contributed by atoms with Gasteiger partial charge in [-0.15, -0.1) is 0 Å². The SMILES string of the molecule is Cc1cc(Cl)ccc1C(=O)NC(c1cnn(C)c1)C1CC(O)C1. The minimum absolute atomic E-state index is 0.130. The van der Waals surface area contributed by atoms with E-state index in [2.05, 4.69) is 10.4 Å². The standard InChI is InChI=1S/C17H20ClN3O2/c1-10-5-13(18)3-4-15(10)17(23)20-16(11-6-14(22)7-11)12-8-19-21(2)9-12/h3-5,8-9,11,14,16,22H,6-7H2,1-2H3,(H,20,23). The molecule has 1 aromatic heterocycles. The molecule has 1 aliphatic rings. The lowest BCUT2D eigenvalue weighted by molar-refractivity contribution is 0.0235. The van der Waals surface area contributed by atoms with Gasteiger partial charge in [0.2, 0.25) is 0 Å². The normalized spacial score (nSPS) is 21.6. The van der Waals surface area contributed by atoms with Crippen molar-refractivity contribution in [3.05, 3.63) is 52.3 Å². The number of carbonyl (C=O) groups excluding carboxylic acids is 1. The van der Waals surface area contributed by atoms with Crippen molar-refractivity contribution in [2.45, 2.75) is 31.9 Å². The van der Waals surface area contributed by atoms with Crippen molar-refractivity contribution in [1.82, 2.24) is 15.1 Å². The largest absolute Gasteiger partial charge is 0.393 e. The van der Waals surface area contributed by atoms with Crippen LogP contribution in [0.25, 0.3) is 0 Å². The topological polar surface area (TPSA) is 67.2 Å². The van der Waals surface area contributed by atoms with E-state index in [0.29, 0.717) is 23.4 Å². The maximum Gasteiger partial charge on any atom is 0.252 e. The summed E-state index contributed by atoms with van der Waals surface area (Å²) in [5, 5.41) is 17.5. The molecule has 0 bridgehead atoms. The van der Waals surface area contributed by atoms with Crippen LogP contribution in [0.5, 0.6) is 0 Å². The maximum atomic E-state index is 12.6. The fraction of sp³-hybridized carbons (Fsp3) is 0.412. The van der Waals surface area contributed by atoms with Crippen LogP contribution in [0.1, 0.15) is 40.4 Å². The van der Waals surface area contributed by atoms with Crippen LogP contribution >= 0.6 is 11.6 Å². The van der Waals surface area contributed by atoms with Crippen LogP contribution < -0.4 is 5.32 Å². The molecule has 1 unspecified atom stereocenters. The lowest BCUT2D eigenvalue weighted by Gasteiger charge is -2.37. The third kappa shape index (κ3) is 3.41. The number of aliphatic hydroxyl groups excluding tert-OH is 1. The van der Waals surface area contributed by atoms with Crippen LogP contribution in [-0.4, -0.2) is 26.9 Å². The summed E-state index contributed by atoms with van der Waals surface area (Å²) in [5.74, 6) is 0.0974. The number of aryl methyl sites for hydroxylation is 2. The van der Waals surface area contributed by atoms with Crippen molar-refractivity contribution in [2.75, 3.05) is 0 Å². The molecule has 2 aromatic rings. The Morgan fingerprint density at radius 1 is 1.48 bits per heavy atom. The molecule has 1 atom stereocenters. The number of hydrogen-bond donors (Lipinski definition) is 2. The van der Waals surface area contributed by atoms with Crippen LogP contribution in [0, 0.1) is 12.8 Å². The third-order valence-corrected chi connectivity index (χ3v) is 4.66. The summed E-state index contributed by atoms with van der Waals surface area (Å²) in [6.07, 6.45) is 4.79. The lowest BCUT2D eigenvalue weighted by atomic mass is 9.75. The Labute approximate surface area is 140 Å². The minimum atomic E-state index is -0.270. The first-order valence-corrected chi connectivity index (χ1v) is 8.05. The van der Waals surface area contributed by atoms with E-state index in [1.807, 2.05) is 20.2 Å². The van der Waals surface area contributed by atoms with Gasteiger partial charge in [0.1, 0.15) is 0 Å². The monoisotopic (exact) mass is 333 g/mol. The summed E-state index contributed by atoms with van der Waals surface area (Å²) in [6.45, 7) is 1.87. The molecule has 0 spiro atoms. The van der Waals surface area contributed by atoms with Gasteiger partial charge in [0.25, 0.3) is 5.91 Å². The van der Waals surface area contributed by atoms with Gasteiger partial charge in [-0.2, -0.15) is 5.10 Å². The predicted molar refractivity (Wildman–Crippen MR) is 88.3 cm³/mol. The van der Waals surface area contributed by atoms with Crippen molar-refractivity contribution in [2.24, 2.45) is 13.0 Å². The van der Waals surface area contributed by atoms with E-state index < -0.39 is 0 Å². The first kappa shape index (κ1) is 16.0. The molecule has 5 nitrogen and oxygen atoms in total. The Balaban J connectivity index is 1.81. The van der Waals surface area contributed by atoms with Crippen LogP contribution in [0.3, 0.4) is 0 Å². The third-order valence-electron chi connectivity index (χ3n) is 4.42. The highest BCUT2D eigenvalue weighted by molar-refractivity contribution is 6.30. The molecule has 1 aromatic carbocycles. The quantitative estimate of drug-likeness (QED) is 0.903. The number of aliphatic hydroxyl groups is 1. The van der Waals surface area contributed by atoms with Gasteiger partial charge in [0.05, 0.1) is 18.3 Å². The van der Waals surface area contributed by atoms with E-state index in [-0.39, 0.29) is 24.0 Å². The Hall–Kier alpha value is -1.85. The Morgan fingerprint density at radius 3 is 2.78 bits per heavy atom. The number of carbonyl (C=O) groups is 1. The summed E-state index contributed by atoms with van der Waals surface area (Å²) < 4.78 is 1.72. The van der Waals surface area contributed by atoms with E-state index in [1.54, 1.807) is 29.1 Å². The number of rotatable bonds is 4. The van der Waals surface area contributed by atoms with Crippen LogP contribution in [-0.2, 0) is 7.05 Å². The van der Waals surface area contributed by atoms with Gasteiger partial charge in [-0.3, -0.25) is 9.48 Å². The second-order valence-electron chi connectivity index (χ2n) is 6.24. The summed E-state index contributed by atoms with van der Waals surface area (Å²) in [4.78, 5) is 12.6. The van der Waals surface area contributed by atoms with E-state index in [4.69, 9.17) is 11.6 Å². The molecular formula is C17H20ClN3O2. The van der Waals surface area contributed by atoms with Gasteiger partial charge < -0.3 is 10.4 Å². The number of benzene rings is 1. The zero-order valence-electron chi connectivity index (χ0n) is 13.2. The average molecular weight is 334 g/mol. The Kier molecular flexibility index (Phi) is 4.41. The first-order valence-electron chi connectivity index (χ1n) is 7.67. The number of hydrogen-bond acceptors (Lipinski definition) is 3. The molecule has 1 heterocycles. The van der Waals surface area contributed by atoms with Crippen molar-refractivity contribution in [3.63, 3.8) is 0 Å². The molecule has 6 heteroatoms. The summed E-state index contributed by atoms with van der Waals surface area (Å²) in [7, 11) is 1.85. The molecule has 3 rings (SSSR count). The van der Waals surface area contributed by atoms with Gasteiger partial charge in [-0.05, 0) is 49.4 Å². The number of amides is 1. The van der Waals surface area contributed by atoms with E-state index in [9.17, 15) is 9.90 Å². The van der Waals surface area contributed by atoms with Gasteiger partial charge in [-0.25, -0.2) is 0 Å². The first-order chi connectivity index (χ1) is 10.9. The molecule has 0 aliphatic heterocycles. The molecule has 23 heavy (non-hydrogen) atoms. The Bertz CT molecular complexity index is 722. The smallest absolute Gasteiger partial charge is 0.252 e. The highest BCUT2D eigenvalue weighted by Gasteiger charge is 2.36. The highest BCUT2D eigenvalue weighted by Crippen LogP contribution is 2.38. The molecule has 122 valence electrons. The van der Waals surface area contributed by atoms with Crippen molar-refractivity contribution < 1.29 is 9.90 Å². The molecule has 0 saturated heterocycles. The number of nitrogens with zero attached hydrogens (tertiary/aromatic N) is 2. The molecule has 2 N–H and O–H groups in total. The molecule has 1 aliphatic carbocycles. The van der Waals surface area contributed by atoms with Gasteiger partial charge in [0, 0.05) is 29.4 Å². The van der Waals surface area contributed by atoms with Gasteiger partial charge in [-0.1, -0.05) is 11.6 Å². The highest BCUT2D eigenvalue weighted by atomic mass is 35.5. The van der Waals surface area contributed by atoms with E-state index >= 15 is 0 Å². The second-order valence-corrected chi connectivity index (χ2v) is 6.68. The van der Waals surface area contributed by atoms with Crippen molar-refractivity contribution >= 4 is 17.5 Å². The average Bonchev–Trinajstić information content (AvgIpc) is 2.88. The zero-order chi connectivity index (χ0) is 16.6. The maximum absolute atomic E-state index is 12.6. The number of nitrogens with one attached hydrogen (secondary N) is 1. The summed E-state index contributed by atoms with van der Waals surface area (Å²) in [6, 6.07) is 5.09. The fourth-order valence-corrected chi connectivity index (χ4v) is 3.30. The molecule has 1 saturated carbocycles. The second kappa shape index (κ2) is 6.34. The van der Waals surface area contributed by atoms with Crippen molar-refractivity contribution in [3.8, 4) is 0 Å². The van der Waals surface area contributed by atoms with E-state index in [1.165, 1.54) is 0 Å². The molecule has 1 fully saturated rings. The molecular weight excluding hydrogens is 314 g/mol.